The van der Waals surface area contributed by atoms with E-state index >= 15 is 0 Å². The lowest BCUT2D eigenvalue weighted by Crippen LogP contribution is -2.50. The molecule has 0 radical (unpaired) electrons. The van der Waals surface area contributed by atoms with Gasteiger partial charge in [-0.05, 0) is 12.1 Å². The Balaban J connectivity index is 1.68. The summed E-state index contributed by atoms with van der Waals surface area (Å²) in [6.07, 6.45) is -1.59. The monoisotopic (exact) mass is 572 g/mol. The number of hydrogen-bond donors (Lipinski definition) is 2. The molecule has 1 aliphatic heterocycles. The highest BCUT2D eigenvalue weighted by atomic mass is 32.2. The molecule has 2 N–H and O–H groups in total. The molecule has 38 heavy (non-hydrogen) atoms. The van der Waals surface area contributed by atoms with E-state index in [-0.39, 0.29) is 73.7 Å². The van der Waals surface area contributed by atoms with Crippen LogP contribution < -0.4 is 15.2 Å². The molecule has 1 fully saturated rings. The van der Waals surface area contributed by atoms with E-state index in [1.807, 2.05) is 0 Å². The number of ether oxygens (including phenoxy) is 1. The number of phosphoric acid groups is 1. The number of carbonyl (C=O) groups is 5. The Morgan fingerprint density at radius 1 is 1.05 bits per heavy atom. The van der Waals surface area contributed by atoms with Gasteiger partial charge in [-0.15, -0.1) is 0 Å². The van der Waals surface area contributed by atoms with Gasteiger partial charge in [0, 0.05) is 37.1 Å². The predicted octanol–water partition coefficient (Wildman–Crippen LogP) is 2.41. The Hall–Kier alpha value is -2.73. The van der Waals surface area contributed by atoms with Crippen LogP contribution >= 0.6 is 19.6 Å². The largest absolute Gasteiger partial charge is 0.530 e. The molecule has 2 atom stereocenters. The first-order chi connectivity index (χ1) is 17.9. The quantitative estimate of drug-likeness (QED) is 0.146. The van der Waals surface area contributed by atoms with Gasteiger partial charge in [-0.25, -0.2) is 4.57 Å². The SMILES string of the molecule is COC(=O)CCC(=O)CC(=O)SCCNC(=O)CCNC(=O)[C@@H]1OP(=O)(Oc2ccccc2)OCC1(C)C. The number of Topliss-reactive ketones (excluding diaryl/α,β-unsaturated/α-hetero) is 1. The highest BCUT2D eigenvalue weighted by Crippen LogP contribution is 2.56. The lowest BCUT2D eigenvalue weighted by molar-refractivity contribution is -0.142. The first kappa shape index (κ1) is 31.5. The molecule has 2 rings (SSSR count). The van der Waals surface area contributed by atoms with Crippen molar-refractivity contribution in [2.75, 3.05) is 32.6 Å². The highest BCUT2D eigenvalue weighted by Gasteiger charge is 2.49. The number of esters is 1. The Morgan fingerprint density at radius 2 is 1.76 bits per heavy atom. The van der Waals surface area contributed by atoms with E-state index in [0.717, 1.165) is 11.8 Å². The van der Waals surface area contributed by atoms with Gasteiger partial charge in [-0.1, -0.05) is 43.8 Å². The number of methoxy groups -OCH3 is 1. The van der Waals surface area contributed by atoms with Crippen LogP contribution in [0.15, 0.2) is 30.3 Å². The van der Waals surface area contributed by atoms with Gasteiger partial charge in [-0.2, -0.15) is 0 Å². The predicted molar refractivity (Wildman–Crippen MR) is 138 cm³/mol. The maximum atomic E-state index is 12.9. The van der Waals surface area contributed by atoms with Crippen LogP contribution in [0.1, 0.15) is 39.5 Å². The zero-order valence-corrected chi connectivity index (χ0v) is 23.3. The van der Waals surface area contributed by atoms with Gasteiger partial charge in [0.05, 0.1) is 26.6 Å². The summed E-state index contributed by atoms with van der Waals surface area (Å²) in [6, 6.07) is 8.32. The number of hydrogen-bond acceptors (Lipinski definition) is 11. The Morgan fingerprint density at radius 3 is 2.45 bits per heavy atom. The first-order valence-electron chi connectivity index (χ1n) is 11.9. The molecule has 2 amide bonds. The van der Waals surface area contributed by atoms with Crippen LogP contribution in [0.2, 0.25) is 0 Å². The molecule has 14 heteroatoms. The molecule has 0 saturated carbocycles. The number of ketones is 1. The second-order valence-corrected chi connectivity index (χ2v) is 11.7. The minimum absolute atomic E-state index is 0.00603. The number of rotatable bonds is 14. The molecule has 1 aliphatic rings. The molecule has 1 unspecified atom stereocenters. The average Bonchev–Trinajstić information content (AvgIpc) is 2.87. The van der Waals surface area contributed by atoms with Crippen molar-refractivity contribution in [1.82, 2.24) is 10.6 Å². The molecule has 1 saturated heterocycles. The van der Waals surface area contributed by atoms with Crippen molar-refractivity contribution in [1.29, 1.82) is 0 Å². The van der Waals surface area contributed by atoms with Crippen LogP contribution in [0, 0.1) is 5.41 Å². The number of phosphoric ester groups is 1. The summed E-state index contributed by atoms with van der Waals surface area (Å²) >= 11 is 0.907. The molecule has 210 valence electrons. The van der Waals surface area contributed by atoms with Crippen molar-refractivity contribution in [3.05, 3.63) is 30.3 Å². The summed E-state index contributed by atoms with van der Waals surface area (Å²) in [5.41, 5.74) is -0.801. The Labute approximate surface area is 225 Å². The summed E-state index contributed by atoms with van der Waals surface area (Å²) < 4.78 is 33.6. The highest BCUT2D eigenvalue weighted by molar-refractivity contribution is 8.13. The van der Waals surface area contributed by atoms with Crippen molar-refractivity contribution in [2.24, 2.45) is 5.41 Å². The van der Waals surface area contributed by atoms with Gasteiger partial charge in [0.1, 0.15) is 11.5 Å². The second kappa shape index (κ2) is 15.0. The number of amides is 2. The van der Waals surface area contributed by atoms with Crippen LogP contribution in [-0.4, -0.2) is 67.3 Å². The maximum absolute atomic E-state index is 12.9. The van der Waals surface area contributed by atoms with Crippen LogP contribution in [0.25, 0.3) is 0 Å². The number of carbonyl (C=O) groups excluding carboxylic acids is 5. The zero-order chi connectivity index (χ0) is 28.2. The van der Waals surface area contributed by atoms with E-state index in [9.17, 15) is 28.5 Å². The normalized spacial score (nSPS) is 20.1. The van der Waals surface area contributed by atoms with Crippen molar-refractivity contribution in [3.8, 4) is 5.75 Å². The summed E-state index contributed by atoms with van der Waals surface area (Å²) in [7, 11) is -2.81. The van der Waals surface area contributed by atoms with E-state index in [1.54, 1.807) is 44.2 Å². The third-order valence-electron chi connectivity index (χ3n) is 5.25. The molecule has 0 bridgehead atoms. The topological polar surface area (TPSA) is 163 Å². The van der Waals surface area contributed by atoms with Crippen LogP contribution in [0.5, 0.6) is 5.75 Å². The van der Waals surface area contributed by atoms with Crippen molar-refractivity contribution < 1.29 is 46.8 Å². The molecular weight excluding hydrogens is 539 g/mol. The van der Waals surface area contributed by atoms with Gasteiger partial charge in [0.25, 0.3) is 5.91 Å². The first-order valence-corrected chi connectivity index (χ1v) is 14.3. The minimum atomic E-state index is -4.03. The molecule has 1 aromatic rings. The molecular formula is C24H33N2O10PS. The third-order valence-corrected chi connectivity index (χ3v) is 7.48. The Kier molecular flexibility index (Phi) is 12.4. The zero-order valence-electron chi connectivity index (χ0n) is 21.6. The van der Waals surface area contributed by atoms with Crippen molar-refractivity contribution >= 4 is 48.3 Å². The number of para-hydroxylation sites is 1. The third kappa shape index (κ3) is 10.9. The van der Waals surface area contributed by atoms with Gasteiger partial charge in [0.15, 0.2) is 11.2 Å². The second-order valence-electron chi connectivity index (χ2n) is 9.00. The van der Waals surface area contributed by atoms with Gasteiger partial charge >= 0.3 is 13.8 Å². The fourth-order valence-corrected chi connectivity index (χ4v) is 5.53. The van der Waals surface area contributed by atoms with Crippen molar-refractivity contribution in [3.63, 3.8) is 0 Å². The lowest BCUT2D eigenvalue weighted by Gasteiger charge is -2.39. The molecule has 0 spiro atoms. The summed E-state index contributed by atoms with van der Waals surface area (Å²) in [6.45, 7) is 3.61. The van der Waals surface area contributed by atoms with Crippen LogP contribution in [-0.2, 0) is 42.3 Å². The van der Waals surface area contributed by atoms with E-state index in [0.29, 0.717) is 0 Å². The van der Waals surface area contributed by atoms with Gasteiger partial charge in [0.2, 0.25) is 5.91 Å². The molecule has 1 heterocycles. The van der Waals surface area contributed by atoms with Crippen LogP contribution in [0.4, 0.5) is 0 Å². The fraction of sp³-hybridized carbons (Fsp3) is 0.542. The average molecular weight is 573 g/mol. The minimum Gasteiger partial charge on any atom is -0.469 e. The molecule has 12 nitrogen and oxygen atoms in total. The summed E-state index contributed by atoms with van der Waals surface area (Å²) in [5.74, 6) is -1.23. The summed E-state index contributed by atoms with van der Waals surface area (Å²) in [4.78, 5) is 59.4. The number of nitrogens with one attached hydrogen (secondary N) is 2. The van der Waals surface area contributed by atoms with E-state index < -0.39 is 31.2 Å². The molecule has 0 aromatic heterocycles. The number of benzene rings is 1. The van der Waals surface area contributed by atoms with Crippen molar-refractivity contribution in [2.45, 2.75) is 45.6 Å². The number of thioether (sulfide) groups is 1. The standard InChI is InChI=1S/C24H33N2O10PS/c1-24(2)16-34-37(32,35-18-7-5-4-6-8-18)36-22(24)23(31)26-12-11-19(28)25-13-14-38-21(30)15-17(27)9-10-20(29)33-3/h4-8,22H,9-16H2,1-3H3,(H,25,28)(H,26,31)/t22-,37?/m0/s1. The fourth-order valence-electron chi connectivity index (χ4n) is 3.16. The molecule has 0 aliphatic carbocycles. The molecule has 1 aromatic carbocycles. The van der Waals surface area contributed by atoms with E-state index in [4.69, 9.17) is 13.6 Å². The van der Waals surface area contributed by atoms with E-state index in [1.165, 1.54) is 7.11 Å². The Bertz CT molecular complexity index is 1050. The van der Waals surface area contributed by atoms with E-state index in [2.05, 4.69) is 15.4 Å². The van der Waals surface area contributed by atoms with Gasteiger partial charge in [-0.3, -0.25) is 33.0 Å². The summed E-state index contributed by atoms with van der Waals surface area (Å²) in [5, 5.41) is 4.88. The maximum Gasteiger partial charge on any atom is 0.530 e. The van der Waals surface area contributed by atoms with Crippen LogP contribution in [0.3, 0.4) is 0 Å². The van der Waals surface area contributed by atoms with Gasteiger partial charge < -0.3 is 19.9 Å². The lowest BCUT2D eigenvalue weighted by atomic mass is 9.87. The smallest absolute Gasteiger partial charge is 0.469 e.